The molecule has 4 nitrogen and oxygen atoms in total. The Kier molecular flexibility index (Phi) is 9.17. The molecule has 24 heavy (non-hydrogen) atoms. The lowest BCUT2D eigenvalue weighted by atomic mass is 10.2. The molecule has 0 saturated carbocycles. The van der Waals surface area contributed by atoms with Crippen LogP contribution in [0.15, 0.2) is 36.5 Å². The number of halogens is 5. The van der Waals surface area contributed by atoms with Crippen LogP contribution in [-0.2, 0) is 19.6 Å². The number of hydrogen-bond donors (Lipinski definition) is 1. The van der Waals surface area contributed by atoms with Crippen LogP contribution in [-0.4, -0.2) is 30.1 Å². The molecule has 0 radical (unpaired) electrons. The molecule has 136 valence electrons. The summed E-state index contributed by atoms with van der Waals surface area (Å²) in [5.74, 6) is 0. The van der Waals surface area contributed by atoms with Gasteiger partial charge in [0.1, 0.15) is 6.54 Å². The van der Waals surface area contributed by atoms with Crippen molar-refractivity contribution in [1.29, 1.82) is 0 Å². The van der Waals surface area contributed by atoms with Crippen LogP contribution in [0.1, 0.15) is 11.3 Å². The Hall–Kier alpha value is -1.44. The Morgan fingerprint density at radius 1 is 1.04 bits per heavy atom. The van der Waals surface area contributed by atoms with Crippen molar-refractivity contribution < 1.29 is 13.2 Å². The molecule has 0 atom stereocenters. The van der Waals surface area contributed by atoms with Crippen LogP contribution in [0.5, 0.6) is 0 Å². The number of nitrogens with one attached hydrogen (secondary N) is 1. The van der Waals surface area contributed by atoms with Gasteiger partial charge in [-0.05, 0) is 23.8 Å². The second-order valence-electron chi connectivity index (χ2n) is 5.28. The normalized spacial score (nSPS) is 10.7. The van der Waals surface area contributed by atoms with E-state index in [0.717, 1.165) is 15.9 Å². The molecule has 0 aliphatic carbocycles. The summed E-state index contributed by atoms with van der Waals surface area (Å²) >= 11 is 0. The quantitative estimate of drug-likeness (QED) is 0.824. The highest BCUT2D eigenvalue weighted by Crippen LogP contribution is 2.17. The summed E-state index contributed by atoms with van der Waals surface area (Å²) in [5, 5.41) is 7.06. The number of alkyl halides is 3. The van der Waals surface area contributed by atoms with E-state index in [9.17, 15) is 13.2 Å². The van der Waals surface area contributed by atoms with Crippen LogP contribution in [0.4, 0.5) is 18.9 Å². The van der Waals surface area contributed by atoms with Crippen LogP contribution in [0, 0.1) is 0 Å². The van der Waals surface area contributed by atoms with Crippen LogP contribution in [0.3, 0.4) is 0 Å². The van der Waals surface area contributed by atoms with E-state index in [1.165, 1.54) is 6.20 Å². The third-order valence-electron chi connectivity index (χ3n) is 3.13. The summed E-state index contributed by atoms with van der Waals surface area (Å²) in [6.07, 6.45) is -2.90. The van der Waals surface area contributed by atoms with E-state index >= 15 is 0 Å². The molecule has 0 aliphatic rings. The fraction of sp³-hybridized carbons (Fsp3) is 0.400. The van der Waals surface area contributed by atoms with Gasteiger partial charge in [0.15, 0.2) is 0 Å². The van der Waals surface area contributed by atoms with Crippen molar-refractivity contribution in [1.82, 2.24) is 15.1 Å². The summed E-state index contributed by atoms with van der Waals surface area (Å²) in [4.78, 5) is 2.02. The van der Waals surface area contributed by atoms with E-state index in [-0.39, 0.29) is 24.8 Å². The molecule has 0 saturated heterocycles. The zero-order chi connectivity index (χ0) is 16.2. The third kappa shape index (κ3) is 7.42. The smallest absolute Gasteiger partial charge is 0.378 e. The Bertz CT molecular complexity index is 598. The molecular weight excluding hydrogens is 364 g/mol. The number of aromatic nitrogens is 2. The first-order valence-corrected chi connectivity index (χ1v) is 6.89. The predicted octanol–water partition coefficient (Wildman–Crippen LogP) is 3.64. The molecule has 2 aromatic rings. The van der Waals surface area contributed by atoms with Gasteiger partial charge in [-0.1, -0.05) is 12.1 Å². The zero-order valence-corrected chi connectivity index (χ0v) is 15.0. The third-order valence-corrected chi connectivity index (χ3v) is 3.13. The van der Waals surface area contributed by atoms with Crippen LogP contribution in [0.25, 0.3) is 0 Å². The summed E-state index contributed by atoms with van der Waals surface area (Å²) in [5.41, 5.74) is 2.82. The summed E-state index contributed by atoms with van der Waals surface area (Å²) in [6.45, 7) is 0.0130. The average molecular weight is 385 g/mol. The maximum absolute atomic E-state index is 12.2. The number of benzene rings is 1. The topological polar surface area (TPSA) is 33.1 Å². The van der Waals surface area contributed by atoms with Gasteiger partial charge in [-0.25, -0.2) is 0 Å². The molecule has 0 unspecified atom stereocenters. The van der Waals surface area contributed by atoms with Crippen molar-refractivity contribution in [3.63, 3.8) is 0 Å². The zero-order valence-electron chi connectivity index (χ0n) is 13.4. The lowest BCUT2D eigenvalue weighted by Crippen LogP contribution is -2.19. The van der Waals surface area contributed by atoms with Crippen LogP contribution >= 0.6 is 24.8 Å². The molecule has 0 bridgehead atoms. The van der Waals surface area contributed by atoms with Gasteiger partial charge in [-0.15, -0.1) is 24.8 Å². The molecule has 0 amide bonds. The van der Waals surface area contributed by atoms with E-state index in [0.29, 0.717) is 18.8 Å². The molecule has 1 aromatic carbocycles. The van der Waals surface area contributed by atoms with Gasteiger partial charge in [0.2, 0.25) is 0 Å². The van der Waals surface area contributed by atoms with Gasteiger partial charge in [-0.3, -0.25) is 4.68 Å². The fourth-order valence-corrected chi connectivity index (χ4v) is 2.02. The van der Waals surface area contributed by atoms with Gasteiger partial charge < -0.3 is 10.2 Å². The van der Waals surface area contributed by atoms with E-state index in [1.807, 2.05) is 43.3 Å². The van der Waals surface area contributed by atoms with Crippen LogP contribution < -0.4 is 10.2 Å². The highest BCUT2D eigenvalue weighted by Gasteiger charge is 2.28. The second-order valence-corrected chi connectivity index (χ2v) is 5.28. The highest BCUT2D eigenvalue weighted by atomic mass is 35.5. The predicted molar refractivity (Wildman–Crippen MR) is 94.1 cm³/mol. The van der Waals surface area contributed by atoms with Crippen molar-refractivity contribution in [2.75, 3.05) is 19.0 Å². The first-order chi connectivity index (χ1) is 10.3. The Morgan fingerprint density at radius 2 is 1.67 bits per heavy atom. The number of hydrogen-bond acceptors (Lipinski definition) is 3. The lowest BCUT2D eigenvalue weighted by molar-refractivity contribution is -0.142. The lowest BCUT2D eigenvalue weighted by Gasteiger charge is -2.12. The van der Waals surface area contributed by atoms with E-state index in [4.69, 9.17) is 0 Å². The van der Waals surface area contributed by atoms with Gasteiger partial charge >= 0.3 is 6.18 Å². The Morgan fingerprint density at radius 3 is 2.21 bits per heavy atom. The summed E-state index contributed by atoms with van der Waals surface area (Å²) in [7, 11) is 3.95. The van der Waals surface area contributed by atoms with Crippen molar-refractivity contribution >= 4 is 30.5 Å². The second kappa shape index (κ2) is 9.76. The molecule has 1 heterocycles. The first kappa shape index (κ1) is 22.6. The van der Waals surface area contributed by atoms with Gasteiger partial charge in [0, 0.05) is 39.1 Å². The molecule has 2 rings (SSSR count). The number of rotatable bonds is 6. The fourth-order valence-electron chi connectivity index (χ4n) is 2.02. The van der Waals surface area contributed by atoms with Crippen LogP contribution in [0.2, 0.25) is 0 Å². The van der Waals surface area contributed by atoms with Crippen molar-refractivity contribution in [2.24, 2.45) is 0 Å². The minimum Gasteiger partial charge on any atom is -0.378 e. The maximum atomic E-state index is 12.2. The number of anilines is 1. The van der Waals surface area contributed by atoms with Crippen molar-refractivity contribution in [3.8, 4) is 0 Å². The van der Waals surface area contributed by atoms with E-state index in [2.05, 4.69) is 10.4 Å². The average Bonchev–Trinajstić information content (AvgIpc) is 2.84. The van der Waals surface area contributed by atoms with E-state index in [1.54, 1.807) is 6.07 Å². The molecular formula is C15H21Cl2F3N4. The SMILES string of the molecule is CN(C)c1ccc(CNCc2ccn(CC(F)(F)F)n2)cc1.Cl.Cl. The van der Waals surface area contributed by atoms with E-state index < -0.39 is 12.7 Å². The number of nitrogens with zero attached hydrogens (tertiary/aromatic N) is 3. The minimum atomic E-state index is -4.25. The first-order valence-electron chi connectivity index (χ1n) is 6.89. The maximum Gasteiger partial charge on any atom is 0.408 e. The van der Waals surface area contributed by atoms with Crippen molar-refractivity contribution in [2.45, 2.75) is 25.8 Å². The molecule has 1 N–H and O–H groups in total. The van der Waals surface area contributed by atoms with Gasteiger partial charge in [0.25, 0.3) is 0 Å². The minimum absolute atomic E-state index is 0. The van der Waals surface area contributed by atoms with Gasteiger partial charge in [-0.2, -0.15) is 18.3 Å². The molecule has 0 aliphatic heterocycles. The largest absolute Gasteiger partial charge is 0.408 e. The molecule has 9 heteroatoms. The van der Waals surface area contributed by atoms with Crippen molar-refractivity contribution in [3.05, 3.63) is 47.8 Å². The molecule has 1 aromatic heterocycles. The summed E-state index contributed by atoms with van der Waals surface area (Å²) < 4.78 is 37.6. The standard InChI is InChI=1S/C15H19F3N4.2ClH/c1-21(2)14-5-3-12(4-6-14)9-19-10-13-7-8-22(20-13)11-15(16,17)18;;/h3-8,19H,9-11H2,1-2H3;2*1H. The Balaban J connectivity index is 0.00000264. The van der Waals surface area contributed by atoms with Gasteiger partial charge in [0.05, 0.1) is 5.69 Å². The Labute approximate surface area is 151 Å². The molecule has 0 spiro atoms. The highest BCUT2D eigenvalue weighted by molar-refractivity contribution is 5.85. The molecule has 0 fully saturated rings. The monoisotopic (exact) mass is 384 g/mol. The summed E-state index contributed by atoms with van der Waals surface area (Å²) in [6, 6.07) is 9.67.